The summed E-state index contributed by atoms with van der Waals surface area (Å²) in [5.74, 6) is -0.157. The summed E-state index contributed by atoms with van der Waals surface area (Å²) in [5.41, 5.74) is -0.383. The highest BCUT2D eigenvalue weighted by atomic mass is 16.6. The van der Waals surface area contributed by atoms with E-state index in [2.05, 4.69) is 5.32 Å². The van der Waals surface area contributed by atoms with E-state index in [4.69, 9.17) is 4.74 Å². The first-order valence-corrected chi connectivity index (χ1v) is 7.85. The summed E-state index contributed by atoms with van der Waals surface area (Å²) in [6.07, 6.45) is 9.25. The van der Waals surface area contributed by atoms with Gasteiger partial charge in [0.05, 0.1) is 5.92 Å². The van der Waals surface area contributed by atoms with Crippen LogP contribution < -0.4 is 5.32 Å². The Morgan fingerprint density at radius 1 is 1.16 bits per heavy atom. The minimum Gasteiger partial charge on any atom is -0.460 e. The van der Waals surface area contributed by atoms with Crippen molar-refractivity contribution in [2.45, 2.75) is 84.3 Å². The Bertz CT molecular complexity index is 262. The van der Waals surface area contributed by atoms with Crippen LogP contribution in [0.3, 0.4) is 0 Å². The van der Waals surface area contributed by atoms with Crippen LogP contribution in [0.15, 0.2) is 0 Å². The van der Waals surface area contributed by atoms with Crippen molar-refractivity contribution in [1.29, 1.82) is 0 Å². The SMILES string of the molecule is C[C@H](CNC1CCCCCCC1)C(=O)OC(C)(C)C. The summed E-state index contributed by atoms with van der Waals surface area (Å²) in [7, 11) is 0. The zero-order valence-electron chi connectivity index (χ0n) is 13.1. The molecule has 1 N–H and O–H groups in total. The monoisotopic (exact) mass is 269 g/mol. The molecule has 3 nitrogen and oxygen atoms in total. The van der Waals surface area contributed by atoms with E-state index >= 15 is 0 Å². The molecule has 0 radical (unpaired) electrons. The molecule has 3 heteroatoms. The van der Waals surface area contributed by atoms with Gasteiger partial charge in [0.1, 0.15) is 5.60 Å². The van der Waals surface area contributed by atoms with Gasteiger partial charge in [-0.05, 0) is 33.6 Å². The van der Waals surface area contributed by atoms with Gasteiger partial charge in [0, 0.05) is 12.6 Å². The highest BCUT2D eigenvalue weighted by molar-refractivity contribution is 5.72. The van der Waals surface area contributed by atoms with E-state index in [0.29, 0.717) is 6.04 Å². The molecule has 0 aromatic rings. The number of carbonyl (C=O) groups is 1. The molecule has 1 aliphatic carbocycles. The predicted octanol–water partition coefficient (Wildman–Crippen LogP) is 3.67. The molecule has 0 aromatic carbocycles. The van der Waals surface area contributed by atoms with E-state index in [1.807, 2.05) is 27.7 Å². The molecule has 0 unspecified atom stereocenters. The van der Waals surface area contributed by atoms with Crippen LogP contribution in [-0.2, 0) is 9.53 Å². The normalized spacial score (nSPS) is 20.4. The lowest BCUT2D eigenvalue weighted by molar-refractivity contribution is -0.159. The smallest absolute Gasteiger partial charge is 0.310 e. The number of hydrogen-bond acceptors (Lipinski definition) is 3. The van der Waals surface area contributed by atoms with Crippen LogP contribution in [0.5, 0.6) is 0 Å². The van der Waals surface area contributed by atoms with Gasteiger partial charge in [-0.25, -0.2) is 0 Å². The van der Waals surface area contributed by atoms with Crippen molar-refractivity contribution in [2.24, 2.45) is 5.92 Å². The topological polar surface area (TPSA) is 38.3 Å². The van der Waals surface area contributed by atoms with Gasteiger partial charge in [0.2, 0.25) is 0 Å². The van der Waals surface area contributed by atoms with E-state index < -0.39 is 0 Å². The number of hydrogen-bond donors (Lipinski definition) is 1. The Balaban J connectivity index is 2.27. The first kappa shape index (κ1) is 16.5. The molecule has 0 aliphatic heterocycles. The number of esters is 1. The molecular formula is C16H31NO2. The molecular weight excluding hydrogens is 238 g/mol. The molecule has 1 atom stereocenters. The molecule has 1 aliphatic rings. The van der Waals surface area contributed by atoms with Crippen LogP contribution in [0.25, 0.3) is 0 Å². The second-order valence-corrected chi connectivity index (χ2v) is 6.88. The molecule has 112 valence electrons. The minimum atomic E-state index is -0.383. The van der Waals surface area contributed by atoms with Crippen molar-refractivity contribution in [2.75, 3.05) is 6.54 Å². The molecule has 0 amide bonds. The van der Waals surface area contributed by atoms with Crippen LogP contribution in [-0.4, -0.2) is 24.2 Å². The quantitative estimate of drug-likeness (QED) is 0.791. The summed E-state index contributed by atoms with van der Waals surface area (Å²) in [6.45, 7) is 8.43. The highest BCUT2D eigenvalue weighted by Gasteiger charge is 2.22. The number of ether oxygens (including phenoxy) is 1. The van der Waals surface area contributed by atoms with Crippen LogP contribution in [0.2, 0.25) is 0 Å². The fourth-order valence-corrected chi connectivity index (χ4v) is 2.49. The third-order valence-corrected chi connectivity index (χ3v) is 3.63. The van der Waals surface area contributed by atoms with Gasteiger partial charge >= 0.3 is 5.97 Å². The van der Waals surface area contributed by atoms with Crippen molar-refractivity contribution >= 4 is 5.97 Å². The molecule has 0 spiro atoms. The second-order valence-electron chi connectivity index (χ2n) is 6.88. The van der Waals surface area contributed by atoms with Gasteiger partial charge in [-0.2, -0.15) is 0 Å². The van der Waals surface area contributed by atoms with Crippen molar-refractivity contribution in [3.8, 4) is 0 Å². The molecule has 0 heterocycles. The maximum atomic E-state index is 11.9. The second kappa shape index (κ2) is 7.88. The van der Waals surface area contributed by atoms with E-state index in [-0.39, 0.29) is 17.5 Å². The summed E-state index contributed by atoms with van der Waals surface area (Å²) < 4.78 is 5.41. The van der Waals surface area contributed by atoms with Crippen molar-refractivity contribution in [3.05, 3.63) is 0 Å². The van der Waals surface area contributed by atoms with Gasteiger partial charge in [-0.1, -0.05) is 39.0 Å². The predicted molar refractivity (Wildman–Crippen MR) is 79.1 cm³/mol. The highest BCUT2D eigenvalue weighted by Crippen LogP contribution is 2.17. The maximum absolute atomic E-state index is 11.9. The average molecular weight is 269 g/mol. The molecule has 1 fully saturated rings. The van der Waals surface area contributed by atoms with Gasteiger partial charge in [0.15, 0.2) is 0 Å². The first-order chi connectivity index (χ1) is 8.88. The number of nitrogens with one attached hydrogen (secondary N) is 1. The Hall–Kier alpha value is -0.570. The van der Waals surface area contributed by atoms with E-state index in [1.165, 1.54) is 44.9 Å². The number of carbonyl (C=O) groups excluding carboxylic acids is 1. The molecule has 0 aromatic heterocycles. The lowest BCUT2D eigenvalue weighted by Crippen LogP contribution is -2.37. The van der Waals surface area contributed by atoms with Crippen molar-refractivity contribution < 1.29 is 9.53 Å². The Kier molecular flexibility index (Phi) is 6.84. The summed E-state index contributed by atoms with van der Waals surface area (Å²) in [5, 5.41) is 3.55. The van der Waals surface area contributed by atoms with Crippen molar-refractivity contribution in [3.63, 3.8) is 0 Å². The third kappa shape index (κ3) is 7.56. The zero-order valence-corrected chi connectivity index (χ0v) is 13.1. The zero-order chi connectivity index (χ0) is 14.3. The Morgan fingerprint density at radius 3 is 2.21 bits per heavy atom. The van der Waals surface area contributed by atoms with Gasteiger partial charge in [0.25, 0.3) is 0 Å². The van der Waals surface area contributed by atoms with E-state index in [1.54, 1.807) is 0 Å². The van der Waals surface area contributed by atoms with Gasteiger partial charge in [-0.3, -0.25) is 4.79 Å². The van der Waals surface area contributed by atoms with Crippen LogP contribution >= 0.6 is 0 Å². The maximum Gasteiger partial charge on any atom is 0.310 e. The van der Waals surface area contributed by atoms with E-state index in [0.717, 1.165) is 6.54 Å². The van der Waals surface area contributed by atoms with Crippen LogP contribution in [0, 0.1) is 5.92 Å². The van der Waals surface area contributed by atoms with Crippen LogP contribution in [0.1, 0.15) is 72.6 Å². The fourth-order valence-electron chi connectivity index (χ4n) is 2.49. The third-order valence-electron chi connectivity index (χ3n) is 3.63. The standard InChI is InChI=1S/C16H31NO2/c1-13(15(18)19-16(2,3)4)12-17-14-10-8-6-5-7-9-11-14/h13-14,17H,5-12H2,1-4H3/t13-/m1/s1. The number of rotatable bonds is 4. The van der Waals surface area contributed by atoms with E-state index in [9.17, 15) is 4.79 Å². The average Bonchev–Trinajstić information content (AvgIpc) is 2.24. The fraction of sp³-hybridized carbons (Fsp3) is 0.938. The Morgan fingerprint density at radius 2 is 1.68 bits per heavy atom. The lowest BCUT2D eigenvalue weighted by Gasteiger charge is -2.25. The molecule has 19 heavy (non-hydrogen) atoms. The minimum absolute atomic E-state index is 0.0651. The summed E-state index contributed by atoms with van der Waals surface area (Å²) in [4.78, 5) is 11.9. The molecule has 1 saturated carbocycles. The molecule has 0 bridgehead atoms. The summed E-state index contributed by atoms with van der Waals surface area (Å²) in [6, 6.07) is 0.588. The molecule has 0 saturated heterocycles. The van der Waals surface area contributed by atoms with Crippen LogP contribution in [0.4, 0.5) is 0 Å². The largest absolute Gasteiger partial charge is 0.460 e. The molecule has 1 rings (SSSR count). The lowest BCUT2D eigenvalue weighted by atomic mass is 9.96. The van der Waals surface area contributed by atoms with Gasteiger partial charge in [-0.15, -0.1) is 0 Å². The Labute approximate surface area is 118 Å². The van der Waals surface area contributed by atoms with Crippen molar-refractivity contribution in [1.82, 2.24) is 5.32 Å². The summed E-state index contributed by atoms with van der Waals surface area (Å²) >= 11 is 0. The first-order valence-electron chi connectivity index (χ1n) is 7.85. The van der Waals surface area contributed by atoms with Gasteiger partial charge < -0.3 is 10.1 Å².